The van der Waals surface area contributed by atoms with Gasteiger partial charge in [0.2, 0.25) is 0 Å². The van der Waals surface area contributed by atoms with E-state index in [0.29, 0.717) is 22.6 Å². The van der Waals surface area contributed by atoms with Gasteiger partial charge < -0.3 is 23.9 Å². The van der Waals surface area contributed by atoms with Gasteiger partial charge in [-0.3, -0.25) is 14.2 Å². The standard InChI is InChI=1S/C26H24N2O7/c1-32-19-11-7-17(8-12-19)25(18-9-13-20(33-2)14-10-18)27-23(29)16-34-24(30)15-28-21-5-3-4-6-22(21)35-26(28)31/h3-14,25H,15-16H2,1-2H3,(H,27,29). The second-order valence-corrected chi connectivity index (χ2v) is 7.63. The Morgan fingerprint density at radius 1 is 0.886 bits per heavy atom. The van der Waals surface area contributed by atoms with E-state index in [9.17, 15) is 14.4 Å². The molecule has 1 amide bonds. The Labute approximate surface area is 200 Å². The van der Waals surface area contributed by atoms with Gasteiger partial charge in [0.15, 0.2) is 12.2 Å². The first-order valence-corrected chi connectivity index (χ1v) is 10.8. The lowest BCUT2D eigenvalue weighted by Crippen LogP contribution is -2.34. The van der Waals surface area contributed by atoms with E-state index < -0.39 is 30.3 Å². The molecule has 180 valence electrons. The number of nitrogens with zero attached hydrogens (tertiary/aromatic N) is 1. The minimum atomic E-state index is -0.737. The Balaban J connectivity index is 1.44. The van der Waals surface area contributed by atoms with Gasteiger partial charge >= 0.3 is 11.7 Å². The summed E-state index contributed by atoms with van der Waals surface area (Å²) >= 11 is 0. The lowest BCUT2D eigenvalue weighted by Gasteiger charge is -2.20. The molecule has 0 saturated carbocycles. The van der Waals surface area contributed by atoms with Crippen molar-refractivity contribution in [3.05, 3.63) is 94.5 Å². The average molecular weight is 476 g/mol. The first-order chi connectivity index (χ1) is 17.0. The Morgan fingerprint density at radius 3 is 2.03 bits per heavy atom. The zero-order valence-electron chi connectivity index (χ0n) is 19.2. The van der Waals surface area contributed by atoms with Crippen LogP contribution in [0.4, 0.5) is 0 Å². The Hall–Kier alpha value is -4.53. The van der Waals surface area contributed by atoms with Crippen LogP contribution in [-0.4, -0.2) is 37.3 Å². The van der Waals surface area contributed by atoms with Crippen molar-refractivity contribution >= 4 is 23.0 Å². The van der Waals surface area contributed by atoms with Crippen LogP contribution in [0, 0.1) is 0 Å². The highest BCUT2D eigenvalue weighted by Gasteiger charge is 2.19. The number of methoxy groups -OCH3 is 2. The van der Waals surface area contributed by atoms with Crippen molar-refractivity contribution in [1.82, 2.24) is 9.88 Å². The molecule has 0 saturated heterocycles. The summed E-state index contributed by atoms with van der Waals surface area (Å²) in [5.74, 6) is -0.542. The van der Waals surface area contributed by atoms with Crippen molar-refractivity contribution in [2.75, 3.05) is 20.8 Å². The van der Waals surface area contributed by atoms with Gasteiger partial charge in [-0.2, -0.15) is 0 Å². The van der Waals surface area contributed by atoms with Crippen molar-refractivity contribution in [2.24, 2.45) is 0 Å². The average Bonchev–Trinajstić information content (AvgIpc) is 3.21. The number of ether oxygens (including phenoxy) is 3. The Bertz CT molecular complexity index is 1320. The molecule has 0 bridgehead atoms. The van der Waals surface area contributed by atoms with Gasteiger partial charge in [0.25, 0.3) is 5.91 Å². The summed E-state index contributed by atoms with van der Waals surface area (Å²) in [4.78, 5) is 37.1. The highest BCUT2D eigenvalue weighted by molar-refractivity contribution is 5.82. The number of carbonyl (C=O) groups is 2. The quantitative estimate of drug-likeness (QED) is 0.370. The summed E-state index contributed by atoms with van der Waals surface area (Å²) in [6.45, 7) is -0.879. The third kappa shape index (κ3) is 5.52. The van der Waals surface area contributed by atoms with Crippen LogP contribution in [0.3, 0.4) is 0 Å². The molecular formula is C26H24N2O7. The highest BCUT2D eigenvalue weighted by atomic mass is 16.5. The van der Waals surface area contributed by atoms with Crippen LogP contribution >= 0.6 is 0 Å². The lowest BCUT2D eigenvalue weighted by atomic mass is 9.98. The van der Waals surface area contributed by atoms with Crippen LogP contribution in [0.5, 0.6) is 11.5 Å². The van der Waals surface area contributed by atoms with E-state index >= 15 is 0 Å². The molecule has 0 aliphatic heterocycles. The topological polar surface area (TPSA) is 109 Å². The van der Waals surface area contributed by atoms with E-state index in [1.54, 1.807) is 62.8 Å². The van der Waals surface area contributed by atoms with Gasteiger partial charge in [-0.15, -0.1) is 0 Å². The molecule has 0 atom stereocenters. The number of para-hydroxylation sites is 2. The predicted molar refractivity (Wildman–Crippen MR) is 127 cm³/mol. The van der Waals surface area contributed by atoms with Gasteiger partial charge in [-0.25, -0.2) is 4.79 Å². The molecule has 4 aromatic rings. The normalized spacial score (nSPS) is 10.8. The van der Waals surface area contributed by atoms with Crippen LogP contribution in [0.1, 0.15) is 17.2 Å². The zero-order chi connectivity index (χ0) is 24.8. The van der Waals surface area contributed by atoms with Gasteiger partial charge in [0.1, 0.15) is 18.0 Å². The molecule has 3 aromatic carbocycles. The molecule has 9 nitrogen and oxygen atoms in total. The second kappa shape index (κ2) is 10.6. The first kappa shape index (κ1) is 23.6. The third-order valence-electron chi connectivity index (χ3n) is 5.43. The molecule has 35 heavy (non-hydrogen) atoms. The minimum Gasteiger partial charge on any atom is -0.497 e. The minimum absolute atomic E-state index is 0.366. The van der Waals surface area contributed by atoms with E-state index in [4.69, 9.17) is 18.6 Å². The third-order valence-corrected chi connectivity index (χ3v) is 5.43. The molecule has 0 spiro atoms. The molecule has 4 rings (SSSR count). The fourth-order valence-corrected chi connectivity index (χ4v) is 3.64. The Kier molecular flexibility index (Phi) is 7.15. The SMILES string of the molecule is COc1ccc(C(NC(=O)COC(=O)Cn2c(=O)oc3ccccc32)c2ccc(OC)cc2)cc1. The summed E-state index contributed by atoms with van der Waals surface area (Å²) < 4.78 is 21.8. The zero-order valence-corrected chi connectivity index (χ0v) is 19.2. The number of oxazole rings is 1. The summed E-state index contributed by atoms with van der Waals surface area (Å²) in [6, 6.07) is 20.8. The van der Waals surface area contributed by atoms with Gasteiger partial charge in [0, 0.05) is 0 Å². The molecule has 0 fully saturated rings. The van der Waals surface area contributed by atoms with Crippen molar-refractivity contribution < 1.29 is 28.2 Å². The smallest absolute Gasteiger partial charge is 0.420 e. The second-order valence-electron chi connectivity index (χ2n) is 7.63. The maximum Gasteiger partial charge on any atom is 0.420 e. The molecule has 0 aliphatic carbocycles. The largest absolute Gasteiger partial charge is 0.497 e. The van der Waals surface area contributed by atoms with Crippen molar-refractivity contribution in [3.63, 3.8) is 0 Å². The number of aromatic nitrogens is 1. The molecule has 9 heteroatoms. The lowest BCUT2D eigenvalue weighted by molar-refractivity contribution is -0.149. The van der Waals surface area contributed by atoms with Gasteiger partial charge in [-0.1, -0.05) is 36.4 Å². The van der Waals surface area contributed by atoms with E-state index in [0.717, 1.165) is 15.7 Å². The number of amides is 1. The monoisotopic (exact) mass is 476 g/mol. The van der Waals surface area contributed by atoms with E-state index in [1.165, 1.54) is 0 Å². The van der Waals surface area contributed by atoms with Gasteiger partial charge in [0.05, 0.1) is 25.8 Å². The van der Waals surface area contributed by atoms with Crippen LogP contribution in [-0.2, 0) is 20.9 Å². The summed E-state index contributed by atoms with van der Waals surface area (Å²) in [7, 11) is 3.15. The number of fused-ring (bicyclic) bond motifs is 1. The van der Waals surface area contributed by atoms with Crippen molar-refractivity contribution in [3.8, 4) is 11.5 Å². The molecule has 1 aromatic heterocycles. The number of carbonyl (C=O) groups excluding carboxylic acids is 2. The summed E-state index contributed by atoms with van der Waals surface area (Å²) in [5.41, 5.74) is 2.46. The molecular weight excluding hydrogens is 452 g/mol. The number of nitrogens with one attached hydrogen (secondary N) is 1. The number of benzene rings is 3. The fourth-order valence-electron chi connectivity index (χ4n) is 3.64. The molecule has 0 radical (unpaired) electrons. The maximum atomic E-state index is 12.7. The highest BCUT2D eigenvalue weighted by Crippen LogP contribution is 2.26. The molecule has 0 aliphatic rings. The molecule has 1 N–H and O–H groups in total. The molecule has 1 heterocycles. The summed E-state index contributed by atoms with van der Waals surface area (Å²) in [5, 5.41) is 2.89. The summed E-state index contributed by atoms with van der Waals surface area (Å²) in [6.07, 6.45) is 0. The van der Waals surface area contributed by atoms with E-state index in [-0.39, 0.29) is 6.54 Å². The maximum absolute atomic E-state index is 12.7. The number of hydrogen-bond acceptors (Lipinski definition) is 7. The van der Waals surface area contributed by atoms with E-state index in [1.807, 2.05) is 24.3 Å². The van der Waals surface area contributed by atoms with E-state index in [2.05, 4.69) is 5.32 Å². The van der Waals surface area contributed by atoms with Crippen molar-refractivity contribution in [1.29, 1.82) is 0 Å². The van der Waals surface area contributed by atoms with Crippen LogP contribution < -0.4 is 20.5 Å². The first-order valence-electron chi connectivity index (χ1n) is 10.8. The predicted octanol–water partition coefficient (Wildman–Crippen LogP) is 3.06. The Morgan fingerprint density at radius 2 is 1.46 bits per heavy atom. The van der Waals surface area contributed by atoms with Crippen LogP contribution in [0.2, 0.25) is 0 Å². The van der Waals surface area contributed by atoms with Crippen LogP contribution in [0.25, 0.3) is 11.1 Å². The fraction of sp³-hybridized carbons (Fsp3) is 0.192. The van der Waals surface area contributed by atoms with Crippen molar-refractivity contribution in [2.45, 2.75) is 12.6 Å². The van der Waals surface area contributed by atoms with Crippen LogP contribution in [0.15, 0.2) is 82.0 Å². The number of hydrogen-bond donors (Lipinski definition) is 1. The number of esters is 1. The molecule has 0 unspecified atom stereocenters. The van der Waals surface area contributed by atoms with Gasteiger partial charge in [-0.05, 0) is 47.5 Å². The number of rotatable bonds is 9.